The molecule has 1 unspecified atom stereocenters. The topological polar surface area (TPSA) is 34.4 Å². The van der Waals surface area contributed by atoms with E-state index in [2.05, 4.69) is 25.2 Å². The molecular formula is C14H23NO2. The second kappa shape index (κ2) is 5.69. The molecule has 2 heterocycles. The fourth-order valence-corrected chi connectivity index (χ4v) is 2.50. The van der Waals surface area contributed by atoms with Crippen molar-refractivity contribution in [3.05, 3.63) is 24.2 Å². The first-order valence-electron chi connectivity index (χ1n) is 6.52. The maximum absolute atomic E-state index is 5.70. The zero-order valence-corrected chi connectivity index (χ0v) is 10.9. The highest BCUT2D eigenvalue weighted by Gasteiger charge is 2.33. The van der Waals surface area contributed by atoms with E-state index in [1.807, 2.05) is 6.26 Å². The number of ether oxygens (including phenoxy) is 1. The number of rotatable bonds is 5. The number of nitrogens with one attached hydrogen (secondary N) is 1. The first-order chi connectivity index (χ1) is 8.20. The second-order valence-corrected chi connectivity index (χ2v) is 5.50. The van der Waals surface area contributed by atoms with Gasteiger partial charge in [0.25, 0.3) is 0 Å². The van der Waals surface area contributed by atoms with Gasteiger partial charge in [0.05, 0.1) is 19.1 Å². The minimum Gasteiger partial charge on any atom is -0.472 e. The van der Waals surface area contributed by atoms with Gasteiger partial charge in [-0.25, -0.2) is 0 Å². The van der Waals surface area contributed by atoms with E-state index in [1.165, 1.54) is 12.0 Å². The van der Waals surface area contributed by atoms with Crippen LogP contribution < -0.4 is 5.32 Å². The van der Waals surface area contributed by atoms with Gasteiger partial charge in [0.15, 0.2) is 0 Å². The number of hydrogen-bond acceptors (Lipinski definition) is 3. The molecule has 3 nitrogen and oxygen atoms in total. The molecule has 0 spiro atoms. The van der Waals surface area contributed by atoms with Crippen molar-refractivity contribution in [2.45, 2.75) is 39.2 Å². The monoisotopic (exact) mass is 237 g/mol. The lowest BCUT2D eigenvalue weighted by Gasteiger charge is -2.37. The Morgan fingerprint density at radius 3 is 2.94 bits per heavy atom. The molecule has 1 aromatic rings. The highest BCUT2D eigenvalue weighted by Crippen LogP contribution is 2.32. The molecule has 0 bridgehead atoms. The minimum absolute atomic E-state index is 0.242. The summed E-state index contributed by atoms with van der Waals surface area (Å²) in [6, 6.07) is 2.59. The molecule has 2 rings (SSSR count). The van der Waals surface area contributed by atoms with Gasteiger partial charge in [0, 0.05) is 24.6 Å². The molecule has 1 N–H and O–H groups in total. The van der Waals surface area contributed by atoms with Gasteiger partial charge in [-0.1, -0.05) is 13.8 Å². The van der Waals surface area contributed by atoms with Crippen LogP contribution in [0.25, 0.3) is 0 Å². The Kier molecular flexibility index (Phi) is 4.24. The smallest absolute Gasteiger partial charge is 0.0934 e. The normalized spacial score (nSPS) is 25.4. The average Bonchev–Trinajstić information content (AvgIpc) is 2.80. The molecule has 0 aliphatic carbocycles. The Hall–Kier alpha value is -0.800. The molecule has 3 heteroatoms. The summed E-state index contributed by atoms with van der Waals surface area (Å²) in [6.45, 7) is 7.17. The lowest BCUT2D eigenvalue weighted by Crippen LogP contribution is -2.44. The van der Waals surface area contributed by atoms with E-state index >= 15 is 0 Å². The molecule has 1 aliphatic rings. The van der Waals surface area contributed by atoms with E-state index in [0.29, 0.717) is 6.04 Å². The summed E-state index contributed by atoms with van der Waals surface area (Å²) in [5.41, 5.74) is 1.52. The highest BCUT2D eigenvalue weighted by atomic mass is 16.5. The summed E-state index contributed by atoms with van der Waals surface area (Å²) < 4.78 is 10.9. The van der Waals surface area contributed by atoms with Crippen LogP contribution in [0.5, 0.6) is 0 Å². The molecule has 96 valence electrons. The molecule has 0 saturated carbocycles. The third-order valence-electron chi connectivity index (χ3n) is 3.45. The maximum Gasteiger partial charge on any atom is 0.0934 e. The van der Waals surface area contributed by atoms with E-state index in [9.17, 15) is 0 Å². The zero-order valence-electron chi connectivity index (χ0n) is 10.9. The number of hydrogen-bond donors (Lipinski definition) is 1. The largest absolute Gasteiger partial charge is 0.472 e. The van der Waals surface area contributed by atoms with Crippen molar-refractivity contribution in [1.29, 1.82) is 0 Å². The fourth-order valence-electron chi connectivity index (χ4n) is 2.50. The predicted molar refractivity (Wildman–Crippen MR) is 68.0 cm³/mol. The van der Waals surface area contributed by atoms with Crippen molar-refractivity contribution in [2.75, 3.05) is 19.8 Å². The summed E-state index contributed by atoms with van der Waals surface area (Å²) in [5, 5.41) is 3.56. The van der Waals surface area contributed by atoms with Gasteiger partial charge in [-0.05, 0) is 30.9 Å². The molecule has 0 aromatic carbocycles. The Morgan fingerprint density at radius 1 is 1.47 bits per heavy atom. The van der Waals surface area contributed by atoms with Crippen LogP contribution in [0, 0.1) is 5.41 Å². The van der Waals surface area contributed by atoms with Gasteiger partial charge < -0.3 is 14.5 Å². The Morgan fingerprint density at radius 2 is 2.35 bits per heavy atom. The standard InChI is InChI=1S/C14H23NO2/c1-12(2)15-10-14(5-3-6-17-11-14)8-13-4-7-16-9-13/h4,7,9,12,15H,3,5-6,8,10-11H2,1-2H3. The Labute approximate surface area is 104 Å². The van der Waals surface area contributed by atoms with E-state index in [-0.39, 0.29) is 5.41 Å². The predicted octanol–water partition coefficient (Wildman–Crippen LogP) is 2.62. The van der Waals surface area contributed by atoms with Crippen molar-refractivity contribution in [3.63, 3.8) is 0 Å². The summed E-state index contributed by atoms with van der Waals surface area (Å²) in [4.78, 5) is 0. The van der Waals surface area contributed by atoms with Crippen LogP contribution in [0.1, 0.15) is 32.3 Å². The molecule has 1 aliphatic heterocycles. The van der Waals surface area contributed by atoms with Gasteiger partial charge in [0.2, 0.25) is 0 Å². The van der Waals surface area contributed by atoms with Gasteiger partial charge in [-0.2, -0.15) is 0 Å². The SMILES string of the molecule is CC(C)NCC1(Cc2ccoc2)CCCOC1. The lowest BCUT2D eigenvalue weighted by atomic mass is 9.77. The molecule has 1 fully saturated rings. The zero-order chi connectivity index (χ0) is 12.1. The third-order valence-corrected chi connectivity index (χ3v) is 3.45. The Bertz CT molecular complexity index is 313. The van der Waals surface area contributed by atoms with Crippen molar-refractivity contribution >= 4 is 0 Å². The summed E-state index contributed by atoms with van der Waals surface area (Å²) >= 11 is 0. The van der Waals surface area contributed by atoms with Crippen molar-refractivity contribution in [3.8, 4) is 0 Å². The second-order valence-electron chi connectivity index (χ2n) is 5.50. The van der Waals surface area contributed by atoms with Crippen LogP contribution in [0.15, 0.2) is 23.0 Å². The van der Waals surface area contributed by atoms with Gasteiger partial charge in [-0.15, -0.1) is 0 Å². The number of furan rings is 1. The fraction of sp³-hybridized carbons (Fsp3) is 0.714. The van der Waals surface area contributed by atoms with E-state index in [0.717, 1.165) is 32.6 Å². The third kappa shape index (κ3) is 3.58. The maximum atomic E-state index is 5.70. The summed E-state index contributed by atoms with van der Waals surface area (Å²) in [7, 11) is 0. The Balaban J connectivity index is 2.00. The van der Waals surface area contributed by atoms with Crippen molar-refractivity contribution in [2.24, 2.45) is 5.41 Å². The van der Waals surface area contributed by atoms with Crippen molar-refractivity contribution < 1.29 is 9.15 Å². The van der Waals surface area contributed by atoms with Crippen molar-refractivity contribution in [1.82, 2.24) is 5.32 Å². The van der Waals surface area contributed by atoms with Crippen LogP contribution in [0.3, 0.4) is 0 Å². The quantitative estimate of drug-likeness (QED) is 0.855. The lowest BCUT2D eigenvalue weighted by molar-refractivity contribution is -0.00807. The summed E-state index contributed by atoms with van der Waals surface area (Å²) in [6.07, 6.45) is 7.05. The summed E-state index contributed by atoms with van der Waals surface area (Å²) in [5.74, 6) is 0. The highest BCUT2D eigenvalue weighted by molar-refractivity contribution is 5.09. The first-order valence-corrected chi connectivity index (χ1v) is 6.52. The van der Waals surface area contributed by atoms with Crippen LogP contribution in [0.2, 0.25) is 0 Å². The van der Waals surface area contributed by atoms with E-state index in [1.54, 1.807) is 6.26 Å². The molecule has 1 atom stereocenters. The first kappa shape index (κ1) is 12.7. The van der Waals surface area contributed by atoms with Gasteiger partial charge in [-0.3, -0.25) is 0 Å². The molecule has 1 aromatic heterocycles. The van der Waals surface area contributed by atoms with E-state index in [4.69, 9.17) is 9.15 Å². The molecule has 1 saturated heterocycles. The van der Waals surface area contributed by atoms with Crippen LogP contribution in [-0.4, -0.2) is 25.8 Å². The van der Waals surface area contributed by atoms with Gasteiger partial charge in [0.1, 0.15) is 0 Å². The average molecular weight is 237 g/mol. The molecular weight excluding hydrogens is 214 g/mol. The van der Waals surface area contributed by atoms with Crippen LogP contribution in [0.4, 0.5) is 0 Å². The van der Waals surface area contributed by atoms with E-state index < -0.39 is 0 Å². The molecule has 0 radical (unpaired) electrons. The van der Waals surface area contributed by atoms with Gasteiger partial charge >= 0.3 is 0 Å². The molecule has 17 heavy (non-hydrogen) atoms. The molecule has 0 amide bonds. The van der Waals surface area contributed by atoms with Crippen LogP contribution >= 0.6 is 0 Å². The minimum atomic E-state index is 0.242. The van der Waals surface area contributed by atoms with Crippen LogP contribution in [-0.2, 0) is 11.2 Å².